The molecule has 0 saturated heterocycles. The van der Waals surface area contributed by atoms with Crippen LogP contribution in [0, 0.1) is 0 Å². The van der Waals surface area contributed by atoms with Crippen LogP contribution >= 0.6 is 11.6 Å². The monoisotopic (exact) mass is 289 g/mol. The maximum Gasteiger partial charge on any atom is 0.124 e. The second-order valence-electron chi connectivity index (χ2n) is 5.10. The van der Waals surface area contributed by atoms with E-state index < -0.39 is 0 Å². The van der Waals surface area contributed by atoms with Gasteiger partial charge in [0.25, 0.3) is 0 Å². The van der Waals surface area contributed by atoms with Crippen molar-refractivity contribution in [1.82, 2.24) is 5.32 Å². The second kappa shape index (κ2) is 6.78. The summed E-state index contributed by atoms with van der Waals surface area (Å²) in [5.74, 6) is 0.860. The minimum absolute atomic E-state index is 0.328. The Balaban J connectivity index is 2.38. The summed E-state index contributed by atoms with van der Waals surface area (Å²) in [7, 11) is 0. The van der Waals surface area contributed by atoms with Crippen LogP contribution in [0.2, 0.25) is 0 Å². The Hall–Kier alpha value is -1.51. The van der Waals surface area contributed by atoms with Crippen molar-refractivity contribution in [2.45, 2.75) is 26.4 Å². The van der Waals surface area contributed by atoms with Gasteiger partial charge in [0.1, 0.15) is 12.4 Å². The molecule has 106 valence electrons. The molecule has 2 aromatic carbocycles. The molecule has 0 amide bonds. The number of fused-ring (bicyclic) bond motifs is 1. The largest absolute Gasteiger partial charge is 0.488 e. The molecular formula is C17H20ClNO. The van der Waals surface area contributed by atoms with E-state index in [1.165, 1.54) is 10.8 Å². The number of ether oxygens (including phenoxy) is 1. The first kappa shape index (κ1) is 14.9. The maximum atomic E-state index is 5.79. The molecular weight excluding hydrogens is 270 g/mol. The molecule has 20 heavy (non-hydrogen) atoms. The highest BCUT2D eigenvalue weighted by Gasteiger charge is 2.09. The summed E-state index contributed by atoms with van der Waals surface area (Å²) in [5, 5.41) is 6.37. The van der Waals surface area contributed by atoms with E-state index >= 15 is 0 Å². The van der Waals surface area contributed by atoms with E-state index in [1.807, 2.05) is 18.2 Å². The highest BCUT2D eigenvalue weighted by Crippen LogP contribution is 2.28. The van der Waals surface area contributed by atoms with Crippen LogP contribution in [0.4, 0.5) is 0 Å². The lowest BCUT2D eigenvalue weighted by Gasteiger charge is -2.16. The summed E-state index contributed by atoms with van der Waals surface area (Å²) in [5.41, 5.74) is 1.16. The second-order valence-corrected chi connectivity index (χ2v) is 5.64. The number of nitrogens with one attached hydrogen (secondary N) is 1. The fraction of sp³-hybridized carbons (Fsp3) is 0.294. The zero-order valence-electron chi connectivity index (χ0n) is 11.9. The first-order chi connectivity index (χ1) is 9.58. The quantitative estimate of drug-likeness (QED) is 0.847. The molecule has 0 spiro atoms. The Labute approximate surface area is 125 Å². The molecule has 0 atom stereocenters. The lowest BCUT2D eigenvalue weighted by molar-refractivity contribution is 0.354. The number of hydrogen-bond donors (Lipinski definition) is 1. The van der Waals surface area contributed by atoms with Gasteiger partial charge in [-0.3, -0.25) is 0 Å². The molecule has 0 aromatic heterocycles. The molecule has 2 aromatic rings. The predicted molar refractivity (Wildman–Crippen MR) is 86.4 cm³/mol. The number of halogens is 1. The maximum absolute atomic E-state index is 5.79. The van der Waals surface area contributed by atoms with Crippen molar-refractivity contribution in [3.8, 4) is 5.75 Å². The molecule has 0 unspecified atom stereocenters. The van der Waals surface area contributed by atoms with E-state index in [1.54, 1.807) is 0 Å². The smallest absolute Gasteiger partial charge is 0.124 e. The van der Waals surface area contributed by atoms with Crippen molar-refractivity contribution in [3.63, 3.8) is 0 Å². The summed E-state index contributed by atoms with van der Waals surface area (Å²) in [4.78, 5) is 0. The lowest BCUT2D eigenvalue weighted by atomic mass is 10.0. The Morgan fingerprint density at radius 1 is 1.25 bits per heavy atom. The molecule has 2 rings (SSSR count). The Bertz CT molecular complexity index is 607. The Morgan fingerprint density at radius 2 is 2.00 bits per heavy atom. The first-order valence-electron chi connectivity index (χ1n) is 6.78. The predicted octanol–water partition coefficient (Wildman–Crippen LogP) is 4.47. The van der Waals surface area contributed by atoms with Crippen LogP contribution in [0.25, 0.3) is 10.8 Å². The Morgan fingerprint density at radius 3 is 2.70 bits per heavy atom. The summed E-state index contributed by atoms with van der Waals surface area (Å²) in [6.07, 6.45) is 0. The van der Waals surface area contributed by atoms with Gasteiger partial charge in [-0.2, -0.15) is 0 Å². The third kappa shape index (κ3) is 3.75. The van der Waals surface area contributed by atoms with Gasteiger partial charge in [-0.15, -0.1) is 0 Å². The highest BCUT2D eigenvalue weighted by atomic mass is 35.5. The molecule has 0 bridgehead atoms. The first-order valence-corrected chi connectivity index (χ1v) is 7.16. The molecule has 0 aliphatic carbocycles. The minimum atomic E-state index is 0.328. The molecule has 1 N–H and O–H groups in total. The summed E-state index contributed by atoms with van der Waals surface area (Å²) in [6.45, 7) is 9.02. The van der Waals surface area contributed by atoms with E-state index in [4.69, 9.17) is 16.3 Å². The van der Waals surface area contributed by atoms with Crippen molar-refractivity contribution >= 4 is 22.4 Å². The van der Waals surface area contributed by atoms with Gasteiger partial charge >= 0.3 is 0 Å². The normalized spacial score (nSPS) is 11.0. The lowest BCUT2D eigenvalue weighted by Crippen LogP contribution is -2.22. The molecule has 0 saturated carbocycles. The standard InChI is InChI=1S/C17H20ClNO/c1-12(2)19-10-16-15-7-5-4-6-14(15)8-9-17(16)20-11-13(3)18/h4-9,12,19H,3,10-11H2,1-2H3. The summed E-state index contributed by atoms with van der Waals surface area (Å²) < 4.78 is 5.77. The van der Waals surface area contributed by atoms with Crippen LogP contribution in [0.3, 0.4) is 0 Å². The van der Waals surface area contributed by atoms with Crippen LogP contribution in [0.15, 0.2) is 48.0 Å². The highest BCUT2D eigenvalue weighted by molar-refractivity contribution is 6.29. The molecule has 2 nitrogen and oxygen atoms in total. The summed E-state index contributed by atoms with van der Waals surface area (Å²) in [6, 6.07) is 12.8. The molecule has 0 aliphatic rings. The van der Waals surface area contributed by atoms with Gasteiger partial charge in [-0.1, -0.05) is 62.4 Å². The SMILES string of the molecule is C=C(Cl)COc1ccc2ccccc2c1CNC(C)C. The molecule has 0 fully saturated rings. The van der Waals surface area contributed by atoms with Crippen molar-refractivity contribution in [1.29, 1.82) is 0 Å². The molecule has 0 aliphatic heterocycles. The fourth-order valence-corrected chi connectivity index (χ4v) is 2.15. The number of hydrogen-bond acceptors (Lipinski definition) is 2. The van der Waals surface area contributed by atoms with E-state index in [0.717, 1.165) is 17.9 Å². The minimum Gasteiger partial charge on any atom is -0.488 e. The van der Waals surface area contributed by atoms with Crippen molar-refractivity contribution in [2.75, 3.05) is 6.61 Å². The van der Waals surface area contributed by atoms with Crippen LogP contribution in [0.1, 0.15) is 19.4 Å². The van der Waals surface area contributed by atoms with Gasteiger partial charge in [0.05, 0.1) is 0 Å². The van der Waals surface area contributed by atoms with Gasteiger partial charge < -0.3 is 10.1 Å². The van der Waals surface area contributed by atoms with Crippen LogP contribution in [0.5, 0.6) is 5.75 Å². The van der Waals surface area contributed by atoms with Gasteiger partial charge in [-0.25, -0.2) is 0 Å². The van der Waals surface area contributed by atoms with E-state index in [9.17, 15) is 0 Å². The summed E-state index contributed by atoms with van der Waals surface area (Å²) >= 11 is 5.79. The third-order valence-electron chi connectivity index (χ3n) is 3.07. The fourth-order valence-electron chi connectivity index (χ4n) is 2.10. The molecule has 3 heteroatoms. The topological polar surface area (TPSA) is 21.3 Å². The van der Waals surface area contributed by atoms with E-state index in [2.05, 4.69) is 43.9 Å². The zero-order valence-corrected chi connectivity index (χ0v) is 12.7. The van der Waals surface area contributed by atoms with Crippen LogP contribution in [-0.2, 0) is 6.54 Å². The van der Waals surface area contributed by atoms with Crippen LogP contribution in [-0.4, -0.2) is 12.6 Å². The average molecular weight is 290 g/mol. The average Bonchev–Trinajstić information content (AvgIpc) is 2.42. The molecule has 0 radical (unpaired) electrons. The van der Waals surface area contributed by atoms with Gasteiger partial charge in [0.15, 0.2) is 0 Å². The Kier molecular flexibility index (Phi) is 5.05. The third-order valence-corrected chi connectivity index (χ3v) is 3.18. The van der Waals surface area contributed by atoms with Crippen molar-refractivity contribution in [2.24, 2.45) is 0 Å². The van der Waals surface area contributed by atoms with Gasteiger partial charge in [0.2, 0.25) is 0 Å². The van der Waals surface area contributed by atoms with E-state index in [0.29, 0.717) is 17.7 Å². The van der Waals surface area contributed by atoms with Gasteiger partial charge in [0, 0.05) is 23.2 Å². The van der Waals surface area contributed by atoms with Crippen LogP contribution < -0.4 is 10.1 Å². The van der Waals surface area contributed by atoms with E-state index in [-0.39, 0.29) is 0 Å². The van der Waals surface area contributed by atoms with Crippen molar-refractivity contribution < 1.29 is 4.74 Å². The van der Waals surface area contributed by atoms with Crippen molar-refractivity contribution in [3.05, 3.63) is 53.6 Å². The zero-order chi connectivity index (χ0) is 14.5. The number of rotatable bonds is 6. The van der Waals surface area contributed by atoms with Gasteiger partial charge in [-0.05, 0) is 16.8 Å². The molecule has 0 heterocycles. The number of benzene rings is 2.